The lowest BCUT2D eigenvalue weighted by Crippen LogP contribution is -2.33. The molecule has 0 N–H and O–H groups in total. The van der Waals surface area contributed by atoms with Gasteiger partial charge in [-0.1, -0.05) is 29.8 Å². The number of hydrogen-bond acceptors (Lipinski definition) is 4. The molecule has 0 unspecified atom stereocenters. The summed E-state index contributed by atoms with van der Waals surface area (Å²) in [5, 5.41) is 0. The van der Waals surface area contributed by atoms with Crippen molar-refractivity contribution in [3.63, 3.8) is 0 Å². The molecule has 0 aliphatic rings. The molecule has 0 bridgehead atoms. The van der Waals surface area contributed by atoms with E-state index < -0.39 is 34.3 Å². The van der Waals surface area contributed by atoms with Crippen molar-refractivity contribution in [2.45, 2.75) is 24.6 Å². The van der Waals surface area contributed by atoms with E-state index in [4.69, 9.17) is 4.74 Å². The van der Waals surface area contributed by atoms with Crippen molar-refractivity contribution in [3.8, 4) is 0 Å². The Morgan fingerprint density at radius 1 is 1.04 bits per heavy atom. The molecular weight excluding hydrogens is 383 g/mol. The van der Waals surface area contributed by atoms with E-state index in [2.05, 4.69) is 0 Å². The zero-order valence-corrected chi connectivity index (χ0v) is 15.5. The molecule has 0 fully saturated rings. The fourth-order valence-corrected chi connectivity index (χ4v) is 3.27. The molecular formula is C18H18F3NO4S. The Bertz CT molecular complexity index is 892. The largest absolute Gasteiger partial charge is 0.460 e. The maximum Gasteiger partial charge on any atom is 0.416 e. The van der Waals surface area contributed by atoms with Gasteiger partial charge in [0, 0.05) is 7.05 Å². The van der Waals surface area contributed by atoms with Gasteiger partial charge in [-0.15, -0.1) is 0 Å². The number of nitrogens with zero attached hydrogens (tertiary/aromatic N) is 1. The van der Waals surface area contributed by atoms with Crippen LogP contribution in [0, 0.1) is 6.92 Å². The Hall–Kier alpha value is -2.39. The smallest absolute Gasteiger partial charge is 0.416 e. The summed E-state index contributed by atoms with van der Waals surface area (Å²) in [4.78, 5) is 11.9. The number of carbonyl (C=O) groups excluding carboxylic acids is 1. The molecule has 0 amide bonds. The third-order valence-electron chi connectivity index (χ3n) is 3.76. The van der Waals surface area contributed by atoms with Gasteiger partial charge in [-0.2, -0.15) is 17.5 Å². The third kappa shape index (κ3) is 5.54. The van der Waals surface area contributed by atoms with Crippen LogP contribution in [-0.4, -0.2) is 32.3 Å². The van der Waals surface area contributed by atoms with Crippen molar-refractivity contribution in [1.29, 1.82) is 0 Å². The molecule has 0 radical (unpaired) electrons. The minimum Gasteiger partial charge on any atom is -0.460 e. The van der Waals surface area contributed by atoms with Gasteiger partial charge in [0.25, 0.3) is 0 Å². The lowest BCUT2D eigenvalue weighted by molar-refractivity contribution is -0.145. The van der Waals surface area contributed by atoms with Crippen LogP contribution in [0.3, 0.4) is 0 Å². The van der Waals surface area contributed by atoms with E-state index in [1.807, 2.05) is 6.92 Å². The van der Waals surface area contributed by atoms with Crippen molar-refractivity contribution in [2.75, 3.05) is 13.6 Å². The molecule has 27 heavy (non-hydrogen) atoms. The molecule has 146 valence electrons. The monoisotopic (exact) mass is 401 g/mol. The Morgan fingerprint density at radius 3 is 2.11 bits per heavy atom. The molecule has 9 heteroatoms. The molecule has 2 aromatic carbocycles. The van der Waals surface area contributed by atoms with Crippen LogP contribution in [-0.2, 0) is 32.3 Å². The minimum absolute atomic E-state index is 0.0474. The number of esters is 1. The molecule has 0 atom stereocenters. The Labute approximate surface area is 155 Å². The number of rotatable bonds is 6. The van der Waals surface area contributed by atoms with Gasteiger partial charge < -0.3 is 4.74 Å². The normalized spacial score (nSPS) is 12.2. The minimum atomic E-state index is -4.44. The second-order valence-electron chi connectivity index (χ2n) is 5.93. The van der Waals surface area contributed by atoms with Crippen LogP contribution in [0.4, 0.5) is 13.2 Å². The summed E-state index contributed by atoms with van der Waals surface area (Å²) in [5.74, 6) is -0.812. The quantitative estimate of drug-likeness (QED) is 0.697. The average Bonchev–Trinajstić information content (AvgIpc) is 2.60. The van der Waals surface area contributed by atoms with Gasteiger partial charge in [0.2, 0.25) is 10.0 Å². The standard InChI is InChI=1S/C18H18F3NO4S/c1-13-3-9-16(10-4-13)27(24,25)22(2)11-17(23)26-12-14-5-7-15(8-6-14)18(19,20)21/h3-10H,11-12H2,1-2H3. The molecule has 0 saturated carbocycles. The van der Waals surface area contributed by atoms with Crippen molar-refractivity contribution >= 4 is 16.0 Å². The maximum atomic E-state index is 12.5. The second kappa shape index (κ2) is 8.10. The van der Waals surface area contributed by atoms with Crippen LogP contribution in [0.1, 0.15) is 16.7 Å². The number of aryl methyl sites for hydroxylation is 1. The van der Waals surface area contributed by atoms with Crippen LogP contribution in [0.15, 0.2) is 53.4 Å². The molecule has 0 aliphatic heterocycles. The molecule has 0 spiro atoms. The van der Waals surface area contributed by atoms with Crippen molar-refractivity contribution in [2.24, 2.45) is 0 Å². The zero-order chi connectivity index (χ0) is 20.2. The van der Waals surface area contributed by atoms with Crippen LogP contribution in [0.25, 0.3) is 0 Å². The molecule has 2 aromatic rings. The number of halogens is 3. The Kier molecular flexibility index (Phi) is 6.27. The van der Waals surface area contributed by atoms with E-state index in [9.17, 15) is 26.4 Å². The lowest BCUT2D eigenvalue weighted by Gasteiger charge is -2.16. The van der Waals surface area contributed by atoms with Crippen LogP contribution < -0.4 is 0 Å². The first-order valence-corrected chi connectivity index (χ1v) is 9.29. The molecule has 0 heterocycles. The first kappa shape index (κ1) is 20.9. The van der Waals surface area contributed by atoms with Crippen LogP contribution >= 0.6 is 0 Å². The van der Waals surface area contributed by atoms with Gasteiger partial charge in [0.05, 0.1) is 10.5 Å². The molecule has 0 aromatic heterocycles. The van der Waals surface area contributed by atoms with E-state index in [1.165, 1.54) is 31.3 Å². The van der Waals surface area contributed by atoms with Crippen molar-refractivity contribution < 1.29 is 31.1 Å². The van der Waals surface area contributed by atoms with Crippen molar-refractivity contribution in [1.82, 2.24) is 4.31 Å². The van der Waals surface area contributed by atoms with Gasteiger partial charge >= 0.3 is 12.1 Å². The maximum absolute atomic E-state index is 12.5. The predicted molar refractivity (Wildman–Crippen MR) is 92.2 cm³/mol. The van der Waals surface area contributed by atoms with Crippen molar-refractivity contribution in [3.05, 3.63) is 65.2 Å². The van der Waals surface area contributed by atoms with Crippen LogP contribution in [0.2, 0.25) is 0 Å². The molecule has 0 aliphatic carbocycles. The molecule has 0 saturated heterocycles. The van der Waals surface area contributed by atoms with Gasteiger partial charge in [-0.3, -0.25) is 4.79 Å². The highest BCUT2D eigenvalue weighted by Crippen LogP contribution is 2.29. The van der Waals surface area contributed by atoms with Gasteiger partial charge in [-0.25, -0.2) is 8.42 Å². The number of carbonyl (C=O) groups is 1. The number of ether oxygens (including phenoxy) is 1. The SMILES string of the molecule is Cc1ccc(S(=O)(=O)N(C)CC(=O)OCc2ccc(C(F)(F)F)cc2)cc1. The zero-order valence-electron chi connectivity index (χ0n) is 14.7. The van der Waals surface area contributed by atoms with E-state index in [1.54, 1.807) is 12.1 Å². The van der Waals surface area contributed by atoms with E-state index >= 15 is 0 Å². The predicted octanol–water partition coefficient (Wildman–Crippen LogP) is 3.38. The summed E-state index contributed by atoms with van der Waals surface area (Å²) in [6, 6.07) is 10.3. The Morgan fingerprint density at radius 2 is 1.59 bits per heavy atom. The highest BCUT2D eigenvalue weighted by atomic mass is 32.2. The van der Waals surface area contributed by atoms with Gasteiger partial charge in [-0.05, 0) is 36.8 Å². The second-order valence-corrected chi connectivity index (χ2v) is 7.97. The number of sulfonamides is 1. The fourth-order valence-electron chi connectivity index (χ4n) is 2.16. The fraction of sp³-hybridized carbons (Fsp3) is 0.278. The summed E-state index contributed by atoms with van der Waals surface area (Å²) in [5.41, 5.74) is 0.453. The van der Waals surface area contributed by atoms with E-state index in [0.717, 1.165) is 22.0 Å². The summed E-state index contributed by atoms with van der Waals surface area (Å²) in [6.07, 6.45) is -4.44. The lowest BCUT2D eigenvalue weighted by atomic mass is 10.1. The number of alkyl halides is 3. The molecule has 5 nitrogen and oxygen atoms in total. The summed E-state index contributed by atoms with van der Waals surface area (Å²) in [7, 11) is -2.60. The number of benzene rings is 2. The Balaban J connectivity index is 1.94. The highest BCUT2D eigenvalue weighted by Gasteiger charge is 2.30. The summed E-state index contributed by atoms with van der Waals surface area (Å²) in [6.45, 7) is 1.05. The first-order chi connectivity index (χ1) is 12.5. The van der Waals surface area contributed by atoms with E-state index in [0.29, 0.717) is 5.56 Å². The van der Waals surface area contributed by atoms with E-state index in [-0.39, 0.29) is 11.5 Å². The van der Waals surface area contributed by atoms with Gasteiger partial charge in [0.15, 0.2) is 0 Å². The first-order valence-electron chi connectivity index (χ1n) is 7.85. The van der Waals surface area contributed by atoms with Crippen LogP contribution in [0.5, 0.6) is 0 Å². The highest BCUT2D eigenvalue weighted by molar-refractivity contribution is 7.89. The third-order valence-corrected chi connectivity index (χ3v) is 5.58. The topological polar surface area (TPSA) is 63.7 Å². The van der Waals surface area contributed by atoms with Gasteiger partial charge in [0.1, 0.15) is 13.2 Å². The number of likely N-dealkylation sites (N-methyl/N-ethyl adjacent to an activating group) is 1. The molecule has 2 rings (SSSR count). The average molecular weight is 401 g/mol. The summed E-state index contributed by atoms with van der Waals surface area (Å²) < 4.78 is 68.1. The number of hydrogen-bond donors (Lipinski definition) is 0. The summed E-state index contributed by atoms with van der Waals surface area (Å²) >= 11 is 0.